The van der Waals surface area contributed by atoms with E-state index in [1.165, 1.54) is 0 Å². The molecule has 0 aromatic carbocycles. The van der Waals surface area contributed by atoms with Crippen LogP contribution in [-0.4, -0.2) is 82.9 Å². The summed E-state index contributed by atoms with van der Waals surface area (Å²) in [6.45, 7) is 6.98. The molecular formula is C29H63N7O12P2Pt3. The number of hydrogen-bond acceptors (Lipinski definition) is 17. The minimum Gasteiger partial charge on any atom is -0.822 e. The molecule has 0 bridgehead atoms. The topological polar surface area (TPSA) is 406 Å². The van der Waals surface area contributed by atoms with Crippen LogP contribution in [0, 0.1) is 5.92 Å². The van der Waals surface area contributed by atoms with Gasteiger partial charge in [-0.25, -0.2) is 0 Å². The second-order valence-corrected chi connectivity index (χ2v) is 14.5. The zero-order valence-corrected chi connectivity index (χ0v) is 39.1. The molecule has 19 nitrogen and oxygen atoms in total. The number of hydrogen-bond donors (Lipinski definition) is 8. The molecule has 3 rings (SSSR count). The SMILES string of the molecule is CCN(CC)CCCCC(C(=O)O)C(=O)O.NC1CCC(N)CC1.NC1CCC(N)CC1.NC1CCC(N)CC1.O=P([O-])([O-])[O-].O=P([O-])([O-])[O-].[Pt+2].[Pt+2].[Pt+2]. The fourth-order valence-electron chi connectivity index (χ4n) is 5.01. The monoisotopic (exact) mass is 1350 g/mol. The van der Waals surface area contributed by atoms with Gasteiger partial charge in [-0.05, 0) is 110 Å². The molecule has 14 N–H and O–H groups in total. The first-order chi connectivity index (χ1) is 22.9. The van der Waals surface area contributed by atoms with Gasteiger partial charge in [0.25, 0.3) is 0 Å². The fraction of sp³-hybridized carbons (Fsp3) is 0.931. The molecule has 0 amide bonds. The van der Waals surface area contributed by atoms with Gasteiger partial charge in [-0.15, -0.1) is 0 Å². The summed E-state index contributed by atoms with van der Waals surface area (Å²) >= 11 is 0. The Morgan fingerprint density at radius 2 is 0.736 bits per heavy atom. The molecule has 0 aromatic rings. The van der Waals surface area contributed by atoms with Crippen LogP contribution in [0.15, 0.2) is 0 Å². The van der Waals surface area contributed by atoms with E-state index in [9.17, 15) is 9.59 Å². The van der Waals surface area contributed by atoms with Gasteiger partial charge in [0.1, 0.15) is 0 Å². The third-order valence-electron chi connectivity index (χ3n) is 8.16. The van der Waals surface area contributed by atoms with Crippen molar-refractivity contribution in [2.75, 3.05) is 19.6 Å². The van der Waals surface area contributed by atoms with Crippen LogP contribution < -0.4 is 63.8 Å². The standard InChI is InChI=1S/C11H21NO4.3C6H14N2.2H3O4P.3Pt/c1-3-12(4-2)8-6-5-7-9(10(13)14)11(15)16;3*7-5-1-2-6(8)4-3-5;2*1-5(2,3)4;;;/h9H,3-8H2,1-2H3,(H,13,14)(H,15,16);3*5-6H,1-4,7-8H2;2*(H3,1,2,3,4);;;/q;;;;;;3*+2/p-6. The molecule has 3 fully saturated rings. The molecular weight excluding hydrogens is 1290 g/mol. The Balaban J connectivity index is -0.000000130. The van der Waals surface area contributed by atoms with Gasteiger partial charge < -0.3 is 88.0 Å². The maximum atomic E-state index is 10.6. The van der Waals surface area contributed by atoms with Crippen molar-refractivity contribution in [1.29, 1.82) is 0 Å². The van der Waals surface area contributed by atoms with Crippen LogP contribution in [0.2, 0.25) is 0 Å². The number of carboxylic acids is 2. The van der Waals surface area contributed by atoms with Gasteiger partial charge in [-0.1, -0.05) is 20.3 Å². The molecule has 0 heterocycles. The third kappa shape index (κ3) is 55.1. The van der Waals surface area contributed by atoms with Gasteiger partial charge in [0.2, 0.25) is 0 Å². The fourth-order valence-corrected chi connectivity index (χ4v) is 5.01. The predicted octanol–water partition coefficient (Wildman–Crippen LogP) is -3.73. The first-order valence-electron chi connectivity index (χ1n) is 17.1. The normalized spacial score (nSPS) is 23.5. The van der Waals surface area contributed by atoms with E-state index < -0.39 is 33.5 Å². The average molecular weight is 1350 g/mol. The smallest absolute Gasteiger partial charge is 0.822 e. The molecule has 0 aromatic heterocycles. The van der Waals surface area contributed by atoms with Crippen molar-refractivity contribution in [3.8, 4) is 0 Å². The number of nitrogens with two attached hydrogens (primary N) is 6. The van der Waals surface area contributed by atoms with E-state index in [2.05, 4.69) is 18.7 Å². The maximum Gasteiger partial charge on any atom is 2.00 e. The van der Waals surface area contributed by atoms with E-state index in [0.29, 0.717) is 42.7 Å². The first kappa shape index (κ1) is 65.8. The van der Waals surface area contributed by atoms with Gasteiger partial charge in [-0.3, -0.25) is 9.59 Å². The predicted molar refractivity (Wildman–Crippen MR) is 179 cm³/mol. The molecule has 3 aliphatic rings. The minimum absolute atomic E-state index is 0. The van der Waals surface area contributed by atoms with Gasteiger partial charge in [0, 0.05) is 36.3 Å². The molecule has 0 unspecified atom stereocenters. The molecule has 0 spiro atoms. The van der Waals surface area contributed by atoms with Crippen molar-refractivity contribution in [3.05, 3.63) is 0 Å². The van der Waals surface area contributed by atoms with Crippen molar-refractivity contribution in [1.82, 2.24) is 4.90 Å². The summed E-state index contributed by atoms with van der Waals surface area (Å²) in [5, 5.41) is 17.3. The molecule has 3 saturated carbocycles. The van der Waals surface area contributed by atoms with Gasteiger partial charge in [0.05, 0.1) is 0 Å². The summed E-state index contributed by atoms with van der Waals surface area (Å²) < 4.78 is 17.1. The average Bonchev–Trinajstić information content (AvgIpc) is 2.98. The summed E-state index contributed by atoms with van der Waals surface area (Å²) in [6.07, 6.45) is 15.2. The Bertz CT molecular complexity index is 824. The molecule has 3 aliphatic carbocycles. The van der Waals surface area contributed by atoms with E-state index in [1.807, 2.05) is 0 Å². The number of carbonyl (C=O) groups is 2. The van der Waals surface area contributed by atoms with Crippen LogP contribution >= 0.6 is 15.6 Å². The van der Waals surface area contributed by atoms with Crippen LogP contribution in [0.5, 0.6) is 0 Å². The molecule has 326 valence electrons. The van der Waals surface area contributed by atoms with E-state index in [0.717, 1.165) is 103 Å². The Hall–Kier alpha value is 0.945. The third-order valence-corrected chi connectivity index (χ3v) is 8.16. The Morgan fingerprint density at radius 3 is 0.887 bits per heavy atom. The molecule has 0 saturated heterocycles. The second kappa shape index (κ2) is 38.5. The van der Waals surface area contributed by atoms with Gasteiger partial charge >= 0.3 is 75.1 Å². The number of nitrogens with zero attached hydrogens (tertiary/aromatic N) is 1. The largest absolute Gasteiger partial charge is 2.00 e. The van der Waals surface area contributed by atoms with Crippen molar-refractivity contribution in [3.63, 3.8) is 0 Å². The van der Waals surface area contributed by atoms with Gasteiger partial charge in [-0.2, -0.15) is 15.6 Å². The summed E-state index contributed by atoms with van der Waals surface area (Å²) in [6, 6.07) is 2.64. The zero-order chi connectivity index (χ0) is 39.5. The van der Waals surface area contributed by atoms with Crippen molar-refractivity contribution < 1.29 is 121 Å². The van der Waals surface area contributed by atoms with E-state index in [4.69, 9.17) is 83.1 Å². The minimum atomic E-state index is -5.39. The van der Waals surface area contributed by atoms with Gasteiger partial charge in [0.15, 0.2) is 5.92 Å². The number of rotatable bonds is 9. The van der Waals surface area contributed by atoms with Crippen molar-refractivity contribution in [2.45, 2.75) is 146 Å². The quantitative estimate of drug-likeness (QED) is 0.0625. The number of carboxylic acid groups (broad SMARTS) is 2. The van der Waals surface area contributed by atoms with Crippen LogP contribution in [0.1, 0.15) is 110 Å². The molecule has 0 atom stereocenters. The zero-order valence-electron chi connectivity index (χ0n) is 30.5. The second-order valence-electron chi connectivity index (χ2n) is 12.7. The molecule has 0 aliphatic heterocycles. The number of unbranched alkanes of at least 4 members (excludes halogenated alkanes) is 1. The van der Waals surface area contributed by atoms with Crippen molar-refractivity contribution in [2.24, 2.45) is 40.3 Å². The molecule has 53 heavy (non-hydrogen) atoms. The summed E-state index contributed by atoms with van der Waals surface area (Å²) in [7, 11) is -10.8. The Kier molecular flexibility index (Phi) is 47.7. The Labute approximate surface area is 358 Å². The molecule has 24 heteroatoms. The number of aliphatic carboxylic acids is 2. The van der Waals surface area contributed by atoms with E-state index in [-0.39, 0.29) is 69.6 Å². The van der Waals surface area contributed by atoms with Crippen LogP contribution in [-0.2, 0) is 81.9 Å². The molecule has 0 radical (unpaired) electrons. The van der Waals surface area contributed by atoms with E-state index in [1.54, 1.807) is 0 Å². The number of phosphoric acid groups is 2. The first-order valence-corrected chi connectivity index (χ1v) is 20.0. The summed E-state index contributed by atoms with van der Waals surface area (Å²) in [5.41, 5.74) is 33.8. The Morgan fingerprint density at radius 1 is 0.547 bits per heavy atom. The van der Waals surface area contributed by atoms with E-state index >= 15 is 0 Å². The van der Waals surface area contributed by atoms with Crippen molar-refractivity contribution >= 4 is 27.6 Å². The van der Waals surface area contributed by atoms with Crippen LogP contribution in [0.3, 0.4) is 0 Å². The van der Waals surface area contributed by atoms with Crippen LogP contribution in [0.25, 0.3) is 0 Å². The maximum absolute atomic E-state index is 10.6. The van der Waals surface area contributed by atoms with Crippen LogP contribution in [0.4, 0.5) is 0 Å². The summed E-state index contributed by atoms with van der Waals surface area (Å²) in [4.78, 5) is 74.7. The summed E-state index contributed by atoms with van der Waals surface area (Å²) in [5.74, 6) is -3.73.